The Hall–Kier alpha value is 2.48. The van der Waals surface area contributed by atoms with Crippen molar-refractivity contribution in [2.75, 3.05) is 0 Å². The third-order valence-electron chi connectivity index (χ3n) is 29.2. The van der Waals surface area contributed by atoms with Crippen molar-refractivity contribution in [3.8, 4) is 0 Å². The summed E-state index contributed by atoms with van der Waals surface area (Å²) in [5.74, 6) is 17.7. The Morgan fingerprint density at radius 3 is 0.174 bits per heavy atom. The normalized spacial score (nSPS) is 15.0. The molecule has 726 valence electrons. The van der Waals surface area contributed by atoms with Crippen molar-refractivity contribution in [2.45, 2.75) is 547 Å². The molecule has 0 aliphatic carbocycles. The molecule has 0 saturated carbocycles. The van der Waals surface area contributed by atoms with Crippen molar-refractivity contribution < 1.29 is 14.1 Å². The summed E-state index contributed by atoms with van der Waals surface area (Å²) in [6.45, 7) is 163. The van der Waals surface area contributed by atoms with E-state index in [1.54, 1.807) is 163 Å². The number of hydrogen-bond acceptors (Lipinski definition) is 0. The Kier molecular flexibility index (Phi) is 53.6. The van der Waals surface area contributed by atoms with Gasteiger partial charge in [0.25, 0.3) is 0 Å². The molecule has 0 radical (unpaired) electrons. The zero-order chi connectivity index (χ0) is 95.3. The molecule has 0 rings (SSSR count). The number of hydrogen-bond donors (Lipinski definition) is 0. The predicted octanol–water partition coefficient (Wildman–Crippen LogP) is 40.7. The molecule has 0 bridgehead atoms. The molecule has 0 amide bonds. The Balaban J connectivity index is 18.8. The summed E-state index contributed by atoms with van der Waals surface area (Å²) in [7, 11) is -27.9. The third-order valence-corrected chi connectivity index (χ3v) is 143. The average Bonchev–Trinajstić information content (AvgIpc) is 0.615. The summed E-state index contributed by atoms with van der Waals surface area (Å²) in [5.41, 5.74) is 0. The summed E-state index contributed by atoms with van der Waals surface area (Å²) in [4.78, 5) is 0. The van der Waals surface area contributed by atoms with Crippen molar-refractivity contribution in [1.82, 2.24) is 0 Å². The summed E-state index contributed by atoms with van der Waals surface area (Å²) in [6.07, 6.45) is 0. The van der Waals surface area contributed by atoms with Gasteiger partial charge in [-0.3, -0.25) is 0 Å². The van der Waals surface area contributed by atoms with Crippen LogP contribution in [0.3, 0.4) is 0 Å². The molecule has 0 aromatic rings. The first-order valence-corrected chi connectivity index (χ1v) is 80.1. The van der Waals surface area contributed by atoms with E-state index in [2.05, 4.69) is 374 Å². The van der Waals surface area contributed by atoms with Crippen LogP contribution in [-0.4, -0.2) is 72.7 Å². The summed E-state index contributed by atoms with van der Waals surface area (Å²) in [6, 6.07) is 43.9. The van der Waals surface area contributed by atoms with Crippen LogP contribution in [0.4, 0.5) is 0 Å². The van der Waals surface area contributed by atoms with Gasteiger partial charge in [-0.05, 0) is 0 Å². The Labute approximate surface area is 786 Å². The molecule has 10 heteroatoms. The predicted molar refractivity (Wildman–Crippen MR) is 590 cm³/mol. The van der Waals surface area contributed by atoms with Gasteiger partial charge in [0.05, 0.1) is 0 Å². The second-order valence-electron chi connectivity index (χ2n) is 57.0. The molecule has 0 heterocycles. The van der Waals surface area contributed by atoms with E-state index in [9.17, 15) is 0 Å². The van der Waals surface area contributed by atoms with Crippen LogP contribution in [-0.2, 0) is 14.1 Å². The van der Waals surface area contributed by atoms with Gasteiger partial charge in [-0.25, -0.2) is 0 Å². The quantitative estimate of drug-likeness (QED) is 0.0533. The molecule has 0 saturated heterocycles. The Bertz CT molecular complexity index is 1920. The van der Waals surface area contributed by atoms with Crippen LogP contribution in [0, 0.1) is 160 Å². The maximum atomic E-state index is 3.02. The SMILES string of the molecule is CC(C)C[Si](CC(C)C)(CC(C)C)[C]([Cr+3]([C]([Si](CC(C)C)(CC(C)C)CC(C)C)([Si](CC(C)C)(CC(C)C)CC(C)C)[Si](CC(C)C)(CC(C)C)CC(C)C)[C]([Si](CC(C)C)(CC(C)C)CC(C)C)([Si](CC(C)C)(CC(C)C)CC(C)C)[Si](CC(C)C)(CC(C)C)CC(C)C)([Si](CC(C)C)(CC(C)C)CC(C)C)[Si](CC(C)C)(CC(C)C)CC(C)C. The van der Waals surface area contributed by atoms with Crippen LogP contribution in [0.15, 0.2) is 0 Å². The molecule has 0 atom stereocenters. The molecule has 0 unspecified atom stereocenters. The van der Waals surface area contributed by atoms with E-state index in [0.717, 1.165) is 0 Å². The van der Waals surface area contributed by atoms with Gasteiger partial charge in [-0.1, -0.05) is 0 Å². The fourth-order valence-corrected chi connectivity index (χ4v) is 204. The summed E-state index contributed by atoms with van der Waals surface area (Å²) in [5, 5.41) is 0. The van der Waals surface area contributed by atoms with Crippen LogP contribution >= 0.6 is 0 Å². The van der Waals surface area contributed by atoms with Crippen molar-refractivity contribution >= 4 is 72.7 Å². The van der Waals surface area contributed by atoms with E-state index < -0.39 is 86.8 Å². The molecule has 0 N–H and O–H groups in total. The molecule has 0 aromatic carbocycles. The summed E-state index contributed by atoms with van der Waals surface area (Å²) < 4.78 is 1.11. The molecule has 0 spiro atoms. The average molecular weight is 1880 g/mol. The molecular formula is C111H243CrSi9+3. The standard InChI is InChI=1S/3C37H81Si3.Cr/c3*1-28(2)19-38(20-29(3)4,21-30(5)6)37(39(22-31(7)8,23-32(9)10)24-33(11)12)40(25-34(13)14,26-35(15)16)27-36(17)18;/h3*28-36H,19-27H2,1-18H3;/q;;;+3. The van der Waals surface area contributed by atoms with Gasteiger partial charge in [-0.15, -0.1) is 0 Å². The molecule has 0 nitrogen and oxygen atoms in total. The van der Waals surface area contributed by atoms with E-state index in [1.165, 1.54) is 0 Å². The van der Waals surface area contributed by atoms with E-state index in [1.807, 2.05) is 0 Å². The first-order valence-electron chi connectivity index (χ1n) is 54.6. The first kappa shape index (κ1) is 123. The van der Waals surface area contributed by atoms with Crippen LogP contribution < -0.4 is 0 Å². The van der Waals surface area contributed by atoms with Crippen molar-refractivity contribution in [3.05, 3.63) is 0 Å². The third kappa shape index (κ3) is 31.8. The topological polar surface area (TPSA) is 0 Å². The van der Waals surface area contributed by atoms with Gasteiger partial charge in [-0.2, -0.15) is 0 Å². The van der Waals surface area contributed by atoms with E-state index in [4.69, 9.17) is 0 Å². The van der Waals surface area contributed by atoms with E-state index in [0.29, 0.717) is 169 Å². The van der Waals surface area contributed by atoms with Gasteiger partial charge < -0.3 is 0 Å². The minimum absolute atomic E-state index is 0.370. The van der Waals surface area contributed by atoms with E-state index >= 15 is 0 Å². The zero-order valence-corrected chi connectivity index (χ0v) is 105. The molecule has 0 fully saturated rings. The van der Waals surface area contributed by atoms with Crippen LogP contribution in [0.1, 0.15) is 374 Å². The molecule has 0 aliphatic rings. The van der Waals surface area contributed by atoms with Crippen molar-refractivity contribution in [1.29, 1.82) is 0 Å². The van der Waals surface area contributed by atoms with Crippen LogP contribution in [0.2, 0.25) is 173 Å². The van der Waals surface area contributed by atoms with Crippen LogP contribution in [0.5, 0.6) is 0 Å². The van der Waals surface area contributed by atoms with Gasteiger partial charge in [0.15, 0.2) is 0 Å². The van der Waals surface area contributed by atoms with Gasteiger partial charge in [0.2, 0.25) is 0 Å². The zero-order valence-electron chi connectivity index (χ0n) is 95.1. The number of rotatable bonds is 66. The second-order valence-corrected chi connectivity index (χ2v) is 111. The van der Waals surface area contributed by atoms with Gasteiger partial charge in [0, 0.05) is 0 Å². The fraction of sp³-hybridized carbons (Fsp3) is 1.00. The Morgan fingerprint density at radius 2 is 0.140 bits per heavy atom. The van der Waals surface area contributed by atoms with Crippen molar-refractivity contribution in [3.63, 3.8) is 0 Å². The summed E-state index contributed by atoms with van der Waals surface area (Å²) >= 11 is -2.76. The Morgan fingerprint density at radius 1 is 0.0992 bits per heavy atom. The van der Waals surface area contributed by atoms with Crippen LogP contribution in [0.25, 0.3) is 0 Å². The maximum absolute atomic E-state index is 3.10. The monoisotopic (exact) mass is 1880 g/mol. The molecule has 0 aromatic heterocycles. The van der Waals surface area contributed by atoms with Gasteiger partial charge >= 0.3 is 793 Å². The molecule has 0 aliphatic heterocycles. The first-order chi connectivity index (χ1) is 54.9. The molecule has 121 heavy (non-hydrogen) atoms. The fourth-order valence-electron chi connectivity index (χ4n) is 34.9. The van der Waals surface area contributed by atoms with E-state index in [-0.39, 0.29) is 0 Å². The van der Waals surface area contributed by atoms with Crippen molar-refractivity contribution in [2.24, 2.45) is 160 Å². The molecular weight excluding hydrogens is 1640 g/mol. The minimum atomic E-state index is -3.10. The van der Waals surface area contributed by atoms with Gasteiger partial charge in [0.1, 0.15) is 0 Å². The second kappa shape index (κ2) is 52.5.